The molecule has 1 aromatic rings. The van der Waals surface area contributed by atoms with Gasteiger partial charge in [0.25, 0.3) is 0 Å². The van der Waals surface area contributed by atoms with Crippen molar-refractivity contribution in [1.29, 1.82) is 0 Å². The summed E-state index contributed by atoms with van der Waals surface area (Å²) < 4.78 is 43.2. The summed E-state index contributed by atoms with van der Waals surface area (Å²) in [7, 11) is 0. The van der Waals surface area contributed by atoms with E-state index in [2.05, 4.69) is 10.6 Å². The highest BCUT2D eigenvalue weighted by atomic mass is 19.4. The lowest BCUT2D eigenvalue weighted by atomic mass is 9.86. The first-order chi connectivity index (χ1) is 9.41. The number of benzene rings is 1. The van der Waals surface area contributed by atoms with E-state index in [4.69, 9.17) is 4.74 Å². The maximum atomic E-state index is 12.7. The molecule has 0 saturated carbocycles. The number of anilines is 2. The summed E-state index contributed by atoms with van der Waals surface area (Å²) in [6.07, 6.45) is -3.42. The fourth-order valence-electron chi connectivity index (χ4n) is 2.56. The lowest BCUT2D eigenvalue weighted by molar-refractivity contribution is -0.137. The molecule has 1 amide bonds. The number of alkyl halides is 3. The van der Waals surface area contributed by atoms with Crippen molar-refractivity contribution < 1.29 is 22.7 Å². The summed E-state index contributed by atoms with van der Waals surface area (Å²) in [6, 6.07) is 3.32. The highest BCUT2D eigenvalue weighted by Gasteiger charge is 2.43. The number of carbonyl (C=O) groups excluding carboxylic acids is 1. The van der Waals surface area contributed by atoms with E-state index in [1.807, 2.05) is 0 Å². The maximum Gasteiger partial charge on any atom is 0.416 e. The third kappa shape index (κ3) is 2.11. The average Bonchev–Trinajstić information content (AvgIpc) is 2.40. The zero-order valence-electron chi connectivity index (χ0n) is 10.5. The van der Waals surface area contributed by atoms with Gasteiger partial charge in [-0.3, -0.25) is 4.79 Å². The largest absolute Gasteiger partial charge is 0.416 e. The van der Waals surface area contributed by atoms with Crippen LogP contribution < -0.4 is 10.6 Å². The van der Waals surface area contributed by atoms with Crippen LogP contribution in [0.5, 0.6) is 0 Å². The number of halogens is 3. The summed E-state index contributed by atoms with van der Waals surface area (Å²) in [5.74, 6) is -0.298. The number of carbonyl (C=O) groups is 1. The number of rotatable bonds is 0. The number of ether oxygens (including phenoxy) is 1. The molecule has 7 heteroatoms. The van der Waals surface area contributed by atoms with Gasteiger partial charge in [-0.25, -0.2) is 0 Å². The highest BCUT2D eigenvalue weighted by molar-refractivity contribution is 6.06. The van der Waals surface area contributed by atoms with Crippen LogP contribution in [-0.4, -0.2) is 24.7 Å². The van der Waals surface area contributed by atoms with Gasteiger partial charge in [-0.15, -0.1) is 0 Å². The van der Waals surface area contributed by atoms with Gasteiger partial charge in [0.1, 0.15) is 5.54 Å². The molecule has 3 rings (SSSR count). The molecule has 108 valence electrons. The lowest BCUT2D eigenvalue weighted by Gasteiger charge is -2.41. The first kappa shape index (κ1) is 13.2. The molecule has 1 aromatic carbocycles. The van der Waals surface area contributed by atoms with Gasteiger partial charge in [-0.2, -0.15) is 13.2 Å². The molecule has 0 unspecified atom stereocenters. The topological polar surface area (TPSA) is 50.4 Å². The second-order valence-electron chi connectivity index (χ2n) is 5.03. The van der Waals surface area contributed by atoms with Crippen LogP contribution >= 0.6 is 0 Å². The van der Waals surface area contributed by atoms with Crippen molar-refractivity contribution in [1.82, 2.24) is 0 Å². The molecule has 4 nitrogen and oxygen atoms in total. The van der Waals surface area contributed by atoms with Gasteiger partial charge >= 0.3 is 6.18 Å². The second kappa shape index (κ2) is 4.37. The van der Waals surface area contributed by atoms with Gasteiger partial charge in [0, 0.05) is 26.1 Å². The number of fused-ring (bicyclic) bond motifs is 1. The van der Waals surface area contributed by atoms with E-state index >= 15 is 0 Å². The van der Waals surface area contributed by atoms with Gasteiger partial charge < -0.3 is 15.4 Å². The standard InChI is InChI=1S/C13H13F3N2O2/c14-13(15,16)8-1-2-9-10(7-8)17-11(19)12(18-9)3-5-20-6-4-12/h1-2,7,18H,3-6H2,(H,17,19). The molecule has 0 bridgehead atoms. The van der Waals surface area contributed by atoms with Gasteiger partial charge in [0.15, 0.2) is 0 Å². The Morgan fingerprint density at radius 3 is 2.50 bits per heavy atom. The monoisotopic (exact) mass is 286 g/mol. The van der Waals surface area contributed by atoms with Crippen molar-refractivity contribution in [3.8, 4) is 0 Å². The van der Waals surface area contributed by atoms with Crippen molar-refractivity contribution in [3.63, 3.8) is 0 Å². The van der Waals surface area contributed by atoms with Gasteiger partial charge in [0.05, 0.1) is 16.9 Å². The van der Waals surface area contributed by atoms with Crippen LogP contribution in [0.3, 0.4) is 0 Å². The molecular formula is C13H13F3N2O2. The fourth-order valence-corrected chi connectivity index (χ4v) is 2.56. The van der Waals surface area contributed by atoms with E-state index in [0.717, 1.165) is 12.1 Å². The minimum absolute atomic E-state index is 0.168. The van der Waals surface area contributed by atoms with Crippen LogP contribution in [0.15, 0.2) is 18.2 Å². The summed E-state index contributed by atoms with van der Waals surface area (Å²) in [4.78, 5) is 12.2. The van der Waals surface area contributed by atoms with E-state index < -0.39 is 17.3 Å². The molecule has 1 fully saturated rings. The maximum absolute atomic E-state index is 12.7. The quantitative estimate of drug-likeness (QED) is 0.771. The van der Waals surface area contributed by atoms with E-state index in [1.54, 1.807) is 0 Å². The summed E-state index contributed by atoms with van der Waals surface area (Å²) in [5, 5.41) is 5.66. The summed E-state index contributed by atoms with van der Waals surface area (Å²) >= 11 is 0. The molecule has 1 spiro atoms. The molecule has 0 radical (unpaired) electrons. The third-order valence-electron chi connectivity index (χ3n) is 3.75. The number of nitrogens with one attached hydrogen (secondary N) is 2. The Labute approximate surface area is 113 Å². The van der Waals surface area contributed by atoms with Crippen LogP contribution in [0.1, 0.15) is 18.4 Å². The van der Waals surface area contributed by atoms with Gasteiger partial charge in [-0.1, -0.05) is 0 Å². The predicted molar refractivity (Wildman–Crippen MR) is 66.5 cm³/mol. The van der Waals surface area contributed by atoms with Crippen LogP contribution in [0.25, 0.3) is 0 Å². The fraction of sp³-hybridized carbons (Fsp3) is 0.462. The van der Waals surface area contributed by atoms with E-state index in [1.165, 1.54) is 6.07 Å². The number of hydrogen-bond acceptors (Lipinski definition) is 3. The molecule has 0 aliphatic carbocycles. The van der Waals surface area contributed by atoms with Gasteiger partial charge in [-0.05, 0) is 18.2 Å². The Balaban J connectivity index is 1.94. The molecule has 2 aliphatic heterocycles. The summed E-state index contributed by atoms with van der Waals surface area (Å²) in [5.41, 5.74) is -0.868. The minimum Gasteiger partial charge on any atom is -0.381 e. The van der Waals surface area contributed by atoms with Crippen LogP contribution in [-0.2, 0) is 15.7 Å². The number of amides is 1. The van der Waals surface area contributed by atoms with Crippen molar-refractivity contribution in [2.24, 2.45) is 0 Å². The Hall–Kier alpha value is -1.76. The van der Waals surface area contributed by atoms with Crippen molar-refractivity contribution in [3.05, 3.63) is 23.8 Å². The normalized spacial score (nSPS) is 21.1. The first-order valence-corrected chi connectivity index (χ1v) is 6.29. The molecule has 20 heavy (non-hydrogen) atoms. The van der Waals surface area contributed by atoms with Gasteiger partial charge in [0.2, 0.25) is 5.91 Å². The minimum atomic E-state index is -4.42. The predicted octanol–water partition coefficient (Wildman–Crippen LogP) is 2.62. The Morgan fingerprint density at radius 2 is 1.85 bits per heavy atom. The molecular weight excluding hydrogens is 273 g/mol. The van der Waals surface area contributed by atoms with Crippen LogP contribution in [0.2, 0.25) is 0 Å². The Bertz CT molecular complexity index is 551. The Kier molecular flexibility index (Phi) is 2.89. The molecule has 1 saturated heterocycles. The third-order valence-corrected chi connectivity index (χ3v) is 3.75. The zero-order chi connectivity index (χ0) is 14.4. The van der Waals surface area contributed by atoms with E-state index in [9.17, 15) is 18.0 Å². The molecule has 0 aromatic heterocycles. The van der Waals surface area contributed by atoms with Crippen LogP contribution in [0, 0.1) is 0 Å². The average molecular weight is 286 g/mol. The molecule has 2 heterocycles. The van der Waals surface area contributed by atoms with Crippen LogP contribution in [0.4, 0.5) is 24.5 Å². The van der Waals surface area contributed by atoms with E-state index in [0.29, 0.717) is 31.7 Å². The summed E-state index contributed by atoms with van der Waals surface area (Å²) in [6.45, 7) is 0.910. The first-order valence-electron chi connectivity index (χ1n) is 6.29. The zero-order valence-corrected chi connectivity index (χ0v) is 10.5. The smallest absolute Gasteiger partial charge is 0.381 e. The van der Waals surface area contributed by atoms with E-state index in [-0.39, 0.29) is 11.6 Å². The second-order valence-corrected chi connectivity index (χ2v) is 5.03. The van der Waals surface area contributed by atoms with Crippen molar-refractivity contribution in [2.75, 3.05) is 23.8 Å². The molecule has 2 aliphatic rings. The lowest BCUT2D eigenvalue weighted by Crippen LogP contribution is -2.55. The SMILES string of the molecule is O=C1Nc2cc(C(F)(F)F)ccc2NC12CCOCC2. The molecule has 2 N–H and O–H groups in total. The highest BCUT2D eigenvalue weighted by Crippen LogP contribution is 2.39. The van der Waals surface area contributed by atoms with Crippen molar-refractivity contribution >= 4 is 17.3 Å². The molecule has 0 atom stereocenters. The van der Waals surface area contributed by atoms with Crippen molar-refractivity contribution in [2.45, 2.75) is 24.6 Å². The number of hydrogen-bond donors (Lipinski definition) is 2. The Morgan fingerprint density at radius 1 is 1.15 bits per heavy atom.